The first-order valence-corrected chi connectivity index (χ1v) is 5.53. The molecule has 2 atom stereocenters. The summed E-state index contributed by atoms with van der Waals surface area (Å²) in [7, 11) is 0. The van der Waals surface area contributed by atoms with Crippen molar-refractivity contribution >= 4 is 0 Å². The molecule has 0 rings (SSSR count). The second-order valence-electron chi connectivity index (χ2n) is 4.98. The van der Waals surface area contributed by atoms with Crippen LogP contribution in [0.3, 0.4) is 0 Å². The van der Waals surface area contributed by atoms with Crippen LogP contribution in [-0.4, -0.2) is 30.5 Å². The Labute approximate surface area is 95.5 Å². The van der Waals surface area contributed by atoms with Crippen molar-refractivity contribution in [1.29, 1.82) is 0 Å². The van der Waals surface area contributed by atoms with Gasteiger partial charge in [0.05, 0.1) is 6.10 Å². The first-order chi connectivity index (χ1) is 7.06. The zero-order chi connectivity index (χ0) is 13.0. The van der Waals surface area contributed by atoms with Gasteiger partial charge < -0.3 is 10.1 Å². The molecular formula is C11H22F3NO. The van der Waals surface area contributed by atoms with E-state index in [4.69, 9.17) is 4.74 Å². The van der Waals surface area contributed by atoms with Gasteiger partial charge in [0.1, 0.15) is 0 Å². The second kappa shape index (κ2) is 5.87. The SMILES string of the molecule is CCC(CNC(C)(C)C)OC(C)C(F)(F)F. The van der Waals surface area contributed by atoms with E-state index in [1.54, 1.807) is 0 Å². The molecule has 0 aliphatic carbocycles. The molecule has 0 aromatic heterocycles. The van der Waals surface area contributed by atoms with Crippen molar-refractivity contribution in [3.63, 3.8) is 0 Å². The summed E-state index contributed by atoms with van der Waals surface area (Å²) in [5, 5.41) is 3.14. The molecule has 0 bridgehead atoms. The Balaban J connectivity index is 4.11. The number of hydrogen-bond acceptors (Lipinski definition) is 2. The molecule has 0 amide bonds. The average molecular weight is 241 g/mol. The average Bonchev–Trinajstić information content (AvgIpc) is 2.08. The van der Waals surface area contributed by atoms with Gasteiger partial charge >= 0.3 is 6.18 Å². The van der Waals surface area contributed by atoms with Crippen molar-refractivity contribution < 1.29 is 17.9 Å². The van der Waals surface area contributed by atoms with Gasteiger partial charge in [-0.05, 0) is 34.1 Å². The normalized spacial score (nSPS) is 17.2. The van der Waals surface area contributed by atoms with E-state index < -0.39 is 18.4 Å². The third-order valence-electron chi connectivity index (χ3n) is 2.17. The van der Waals surface area contributed by atoms with E-state index >= 15 is 0 Å². The van der Waals surface area contributed by atoms with Gasteiger partial charge in [0.15, 0.2) is 6.10 Å². The lowest BCUT2D eigenvalue weighted by molar-refractivity contribution is -0.226. The van der Waals surface area contributed by atoms with Crippen LogP contribution in [-0.2, 0) is 4.74 Å². The van der Waals surface area contributed by atoms with Crippen molar-refractivity contribution in [2.75, 3.05) is 6.54 Å². The number of halogens is 3. The van der Waals surface area contributed by atoms with Crippen molar-refractivity contribution in [3.8, 4) is 0 Å². The predicted molar refractivity (Wildman–Crippen MR) is 58.4 cm³/mol. The lowest BCUT2D eigenvalue weighted by Gasteiger charge is -2.27. The Morgan fingerprint density at radius 2 is 1.69 bits per heavy atom. The quantitative estimate of drug-likeness (QED) is 0.798. The Morgan fingerprint density at radius 3 is 2.00 bits per heavy atom. The molecule has 0 aromatic carbocycles. The van der Waals surface area contributed by atoms with Gasteiger partial charge in [-0.2, -0.15) is 13.2 Å². The van der Waals surface area contributed by atoms with Crippen LogP contribution in [0.25, 0.3) is 0 Å². The summed E-state index contributed by atoms with van der Waals surface area (Å²) in [5.74, 6) is 0. The van der Waals surface area contributed by atoms with Crippen molar-refractivity contribution in [2.24, 2.45) is 0 Å². The highest BCUT2D eigenvalue weighted by molar-refractivity contribution is 4.74. The minimum atomic E-state index is -4.28. The third kappa shape index (κ3) is 7.06. The Morgan fingerprint density at radius 1 is 1.19 bits per heavy atom. The Kier molecular flexibility index (Phi) is 5.76. The number of ether oxygens (including phenoxy) is 1. The summed E-state index contributed by atoms with van der Waals surface area (Å²) in [6, 6.07) is 0. The molecule has 2 unspecified atom stereocenters. The fourth-order valence-corrected chi connectivity index (χ4v) is 1.07. The molecule has 0 aliphatic heterocycles. The number of nitrogens with one attached hydrogen (secondary N) is 1. The second-order valence-corrected chi connectivity index (χ2v) is 4.98. The summed E-state index contributed by atoms with van der Waals surface area (Å²) in [6.07, 6.45) is -5.84. The van der Waals surface area contributed by atoms with Crippen LogP contribution in [0.15, 0.2) is 0 Å². The molecule has 5 heteroatoms. The molecule has 98 valence electrons. The predicted octanol–water partition coefficient (Wildman–Crippen LogP) is 3.12. The van der Waals surface area contributed by atoms with E-state index in [2.05, 4.69) is 5.32 Å². The zero-order valence-corrected chi connectivity index (χ0v) is 10.6. The van der Waals surface area contributed by atoms with E-state index in [9.17, 15) is 13.2 Å². The van der Waals surface area contributed by atoms with Crippen LogP contribution < -0.4 is 5.32 Å². The maximum Gasteiger partial charge on any atom is 0.414 e. The maximum atomic E-state index is 12.3. The lowest BCUT2D eigenvalue weighted by Crippen LogP contribution is -2.43. The van der Waals surface area contributed by atoms with Gasteiger partial charge in [0.2, 0.25) is 0 Å². The minimum absolute atomic E-state index is 0.113. The number of hydrogen-bond donors (Lipinski definition) is 1. The van der Waals surface area contributed by atoms with Crippen molar-refractivity contribution in [3.05, 3.63) is 0 Å². The topological polar surface area (TPSA) is 21.3 Å². The number of alkyl halides is 3. The largest absolute Gasteiger partial charge is 0.414 e. The Hall–Kier alpha value is -0.290. The van der Waals surface area contributed by atoms with Crippen LogP contribution in [0.1, 0.15) is 41.0 Å². The lowest BCUT2D eigenvalue weighted by atomic mass is 10.1. The Bertz CT molecular complexity index is 198. The fourth-order valence-electron chi connectivity index (χ4n) is 1.07. The van der Waals surface area contributed by atoms with Gasteiger partial charge in [0.25, 0.3) is 0 Å². The zero-order valence-electron chi connectivity index (χ0n) is 10.6. The van der Waals surface area contributed by atoms with Crippen molar-refractivity contribution in [2.45, 2.75) is 65.0 Å². The molecule has 0 spiro atoms. The van der Waals surface area contributed by atoms with Crippen molar-refractivity contribution in [1.82, 2.24) is 5.32 Å². The van der Waals surface area contributed by atoms with Crippen LogP contribution in [0, 0.1) is 0 Å². The van der Waals surface area contributed by atoms with Crippen LogP contribution in [0.4, 0.5) is 13.2 Å². The van der Waals surface area contributed by atoms with E-state index in [0.717, 1.165) is 6.92 Å². The van der Waals surface area contributed by atoms with Crippen LogP contribution in [0.2, 0.25) is 0 Å². The van der Waals surface area contributed by atoms with Gasteiger partial charge in [-0.3, -0.25) is 0 Å². The van der Waals surface area contributed by atoms with Gasteiger partial charge in [-0.25, -0.2) is 0 Å². The first-order valence-electron chi connectivity index (χ1n) is 5.53. The van der Waals surface area contributed by atoms with E-state index in [1.165, 1.54) is 0 Å². The molecular weight excluding hydrogens is 219 g/mol. The summed E-state index contributed by atoms with van der Waals surface area (Å²) < 4.78 is 41.8. The smallest absolute Gasteiger partial charge is 0.365 e. The summed E-state index contributed by atoms with van der Waals surface area (Å²) in [4.78, 5) is 0. The highest BCUT2D eigenvalue weighted by Gasteiger charge is 2.38. The van der Waals surface area contributed by atoms with Crippen LogP contribution >= 0.6 is 0 Å². The molecule has 0 saturated heterocycles. The molecule has 0 aromatic rings. The molecule has 0 aliphatic rings. The van der Waals surface area contributed by atoms with Crippen LogP contribution in [0.5, 0.6) is 0 Å². The molecule has 0 heterocycles. The molecule has 1 N–H and O–H groups in total. The minimum Gasteiger partial charge on any atom is -0.365 e. The maximum absolute atomic E-state index is 12.3. The highest BCUT2D eigenvalue weighted by Crippen LogP contribution is 2.23. The molecule has 0 saturated carbocycles. The number of rotatable bonds is 5. The molecule has 0 fully saturated rings. The standard InChI is InChI=1S/C11H22F3NO/c1-6-9(7-15-10(3,4)5)16-8(2)11(12,13)14/h8-9,15H,6-7H2,1-5H3. The van der Waals surface area contributed by atoms with E-state index in [-0.39, 0.29) is 5.54 Å². The monoisotopic (exact) mass is 241 g/mol. The third-order valence-corrected chi connectivity index (χ3v) is 2.17. The summed E-state index contributed by atoms with van der Waals surface area (Å²) >= 11 is 0. The summed E-state index contributed by atoms with van der Waals surface area (Å²) in [5.41, 5.74) is -0.113. The van der Waals surface area contributed by atoms with Gasteiger partial charge in [-0.15, -0.1) is 0 Å². The summed E-state index contributed by atoms with van der Waals surface area (Å²) in [6.45, 7) is 9.19. The van der Waals surface area contributed by atoms with Gasteiger partial charge in [0, 0.05) is 12.1 Å². The van der Waals surface area contributed by atoms with E-state index in [1.807, 2.05) is 27.7 Å². The highest BCUT2D eigenvalue weighted by atomic mass is 19.4. The fraction of sp³-hybridized carbons (Fsp3) is 1.00. The molecule has 16 heavy (non-hydrogen) atoms. The van der Waals surface area contributed by atoms with E-state index in [0.29, 0.717) is 13.0 Å². The first kappa shape index (κ1) is 15.7. The van der Waals surface area contributed by atoms with Gasteiger partial charge in [-0.1, -0.05) is 6.92 Å². The molecule has 2 nitrogen and oxygen atoms in total. The molecule has 0 radical (unpaired) electrons.